The Morgan fingerprint density at radius 3 is 2.75 bits per heavy atom. The van der Waals surface area contributed by atoms with Gasteiger partial charge in [-0.2, -0.15) is 0 Å². The smallest absolute Gasteiger partial charge is 0.126 e. The first-order valence-electron chi connectivity index (χ1n) is 6.45. The van der Waals surface area contributed by atoms with Gasteiger partial charge in [0, 0.05) is 24.2 Å². The third-order valence-corrected chi connectivity index (χ3v) is 3.21. The van der Waals surface area contributed by atoms with Crippen molar-refractivity contribution in [2.24, 2.45) is 0 Å². The van der Waals surface area contributed by atoms with Gasteiger partial charge in [0.2, 0.25) is 0 Å². The van der Waals surface area contributed by atoms with E-state index in [2.05, 4.69) is 5.32 Å². The van der Waals surface area contributed by atoms with Crippen LogP contribution in [0, 0.1) is 5.82 Å². The normalized spacial score (nSPS) is 12.2. The summed E-state index contributed by atoms with van der Waals surface area (Å²) in [7, 11) is 1.63. The topological polar surface area (TPSA) is 41.5 Å². The number of halogens is 1. The lowest BCUT2D eigenvalue weighted by molar-refractivity contribution is 0.413. The summed E-state index contributed by atoms with van der Waals surface area (Å²) < 4.78 is 18.1. The minimum Gasteiger partial charge on any atom is -0.508 e. The summed E-state index contributed by atoms with van der Waals surface area (Å²) in [4.78, 5) is 0. The van der Waals surface area contributed by atoms with Crippen LogP contribution < -0.4 is 10.1 Å². The van der Waals surface area contributed by atoms with Crippen molar-refractivity contribution in [3.63, 3.8) is 0 Å². The van der Waals surface area contributed by atoms with Crippen LogP contribution in [0.3, 0.4) is 0 Å². The number of rotatable bonds is 5. The maximum atomic E-state index is 13.0. The van der Waals surface area contributed by atoms with E-state index in [-0.39, 0.29) is 11.8 Å². The van der Waals surface area contributed by atoms with Crippen LogP contribution in [-0.2, 0) is 6.54 Å². The lowest BCUT2D eigenvalue weighted by atomic mass is 10.1. The lowest BCUT2D eigenvalue weighted by Crippen LogP contribution is -2.18. The van der Waals surface area contributed by atoms with E-state index in [4.69, 9.17) is 4.74 Å². The fourth-order valence-corrected chi connectivity index (χ4v) is 2.05. The molecule has 0 aliphatic carbocycles. The molecule has 0 heterocycles. The quantitative estimate of drug-likeness (QED) is 0.879. The molecule has 2 N–H and O–H groups in total. The second-order valence-electron chi connectivity index (χ2n) is 4.66. The van der Waals surface area contributed by atoms with Crippen LogP contribution >= 0.6 is 0 Å². The number of phenolic OH excluding ortho intramolecular Hbond substituents is 1. The van der Waals surface area contributed by atoms with E-state index in [0.717, 1.165) is 17.4 Å². The molecule has 0 saturated heterocycles. The minimum absolute atomic E-state index is 0.0318. The zero-order valence-corrected chi connectivity index (χ0v) is 11.6. The monoisotopic (exact) mass is 275 g/mol. The molecule has 0 bridgehead atoms. The molecular formula is C16H18FNO2. The van der Waals surface area contributed by atoms with Crippen molar-refractivity contribution in [2.75, 3.05) is 7.11 Å². The first-order chi connectivity index (χ1) is 9.60. The molecule has 0 saturated carbocycles. The average Bonchev–Trinajstić information content (AvgIpc) is 2.45. The third kappa shape index (κ3) is 3.48. The van der Waals surface area contributed by atoms with Crippen LogP contribution in [0.5, 0.6) is 11.5 Å². The minimum atomic E-state index is -0.439. The van der Waals surface area contributed by atoms with Crippen molar-refractivity contribution in [3.8, 4) is 11.5 Å². The van der Waals surface area contributed by atoms with Gasteiger partial charge in [-0.05, 0) is 30.7 Å². The molecule has 0 amide bonds. The van der Waals surface area contributed by atoms with E-state index in [1.165, 1.54) is 6.07 Å². The molecule has 3 nitrogen and oxygen atoms in total. The van der Waals surface area contributed by atoms with Gasteiger partial charge in [-0.15, -0.1) is 0 Å². The Hall–Kier alpha value is -2.07. The van der Waals surface area contributed by atoms with Gasteiger partial charge in [0.15, 0.2) is 0 Å². The van der Waals surface area contributed by atoms with Crippen molar-refractivity contribution < 1.29 is 14.2 Å². The summed E-state index contributed by atoms with van der Waals surface area (Å²) in [5, 5.41) is 13.0. The van der Waals surface area contributed by atoms with Gasteiger partial charge >= 0.3 is 0 Å². The molecule has 106 valence electrons. The Kier molecular flexibility index (Phi) is 4.58. The molecule has 20 heavy (non-hydrogen) atoms. The number of phenols is 1. The Morgan fingerprint density at radius 1 is 1.25 bits per heavy atom. The summed E-state index contributed by atoms with van der Waals surface area (Å²) in [5.41, 5.74) is 1.76. The second-order valence-corrected chi connectivity index (χ2v) is 4.66. The molecule has 2 rings (SSSR count). The molecule has 0 aliphatic rings. The fourth-order valence-electron chi connectivity index (χ4n) is 2.05. The molecular weight excluding hydrogens is 257 g/mol. The number of nitrogens with one attached hydrogen (secondary N) is 1. The van der Waals surface area contributed by atoms with E-state index in [1.807, 2.05) is 31.2 Å². The highest BCUT2D eigenvalue weighted by molar-refractivity contribution is 5.35. The summed E-state index contributed by atoms with van der Waals surface area (Å²) >= 11 is 0. The van der Waals surface area contributed by atoms with Crippen molar-refractivity contribution >= 4 is 0 Å². The summed E-state index contributed by atoms with van der Waals surface area (Å²) in [6.45, 7) is 2.56. The van der Waals surface area contributed by atoms with E-state index >= 15 is 0 Å². The first kappa shape index (κ1) is 14.3. The van der Waals surface area contributed by atoms with Gasteiger partial charge < -0.3 is 15.2 Å². The molecule has 1 unspecified atom stereocenters. The van der Waals surface area contributed by atoms with Crippen molar-refractivity contribution in [1.82, 2.24) is 5.32 Å². The Bertz CT molecular complexity index is 586. The number of aromatic hydroxyl groups is 1. The predicted molar refractivity (Wildman–Crippen MR) is 76.3 cm³/mol. The molecule has 0 fully saturated rings. The molecule has 4 heteroatoms. The van der Waals surface area contributed by atoms with Crippen LogP contribution in [0.1, 0.15) is 24.1 Å². The predicted octanol–water partition coefficient (Wildman–Crippen LogP) is 3.39. The van der Waals surface area contributed by atoms with Crippen molar-refractivity contribution in [1.29, 1.82) is 0 Å². The molecule has 0 aliphatic heterocycles. The molecule has 1 atom stereocenters. The van der Waals surface area contributed by atoms with E-state index in [9.17, 15) is 9.50 Å². The number of ether oxygens (including phenoxy) is 1. The zero-order chi connectivity index (χ0) is 14.5. The molecule has 0 aromatic heterocycles. The number of hydrogen-bond acceptors (Lipinski definition) is 3. The van der Waals surface area contributed by atoms with Crippen LogP contribution in [0.15, 0.2) is 42.5 Å². The standard InChI is InChI=1S/C16H18FNO2/c1-11(15-7-6-13(17)9-16(15)19)18-10-12-4-3-5-14(8-12)20-2/h3-9,11,18-19H,10H2,1-2H3. The molecule has 2 aromatic carbocycles. The van der Waals surface area contributed by atoms with E-state index in [0.29, 0.717) is 12.1 Å². The highest BCUT2D eigenvalue weighted by Crippen LogP contribution is 2.25. The number of benzene rings is 2. The first-order valence-corrected chi connectivity index (χ1v) is 6.45. The highest BCUT2D eigenvalue weighted by Gasteiger charge is 2.10. The van der Waals surface area contributed by atoms with Gasteiger partial charge in [0.1, 0.15) is 17.3 Å². The summed E-state index contributed by atoms with van der Waals surface area (Å²) in [6.07, 6.45) is 0. The van der Waals surface area contributed by atoms with Crippen LogP contribution in [0.25, 0.3) is 0 Å². The van der Waals surface area contributed by atoms with Gasteiger partial charge in [-0.25, -0.2) is 4.39 Å². The molecule has 0 spiro atoms. The Balaban J connectivity index is 2.02. The molecule has 2 aromatic rings. The van der Waals surface area contributed by atoms with E-state index < -0.39 is 5.82 Å². The SMILES string of the molecule is COc1cccc(CNC(C)c2ccc(F)cc2O)c1. The van der Waals surface area contributed by atoms with Crippen molar-refractivity contribution in [2.45, 2.75) is 19.5 Å². The zero-order valence-electron chi connectivity index (χ0n) is 11.6. The van der Waals surface area contributed by atoms with Crippen LogP contribution in [-0.4, -0.2) is 12.2 Å². The van der Waals surface area contributed by atoms with Crippen LogP contribution in [0.2, 0.25) is 0 Å². The maximum Gasteiger partial charge on any atom is 0.126 e. The van der Waals surface area contributed by atoms with Gasteiger partial charge in [-0.3, -0.25) is 0 Å². The summed E-state index contributed by atoms with van der Waals surface area (Å²) in [6, 6.07) is 11.7. The van der Waals surface area contributed by atoms with Crippen LogP contribution in [0.4, 0.5) is 4.39 Å². The largest absolute Gasteiger partial charge is 0.508 e. The lowest BCUT2D eigenvalue weighted by Gasteiger charge is -2.16. The number of methoxy groups -OCH3 is 1. The number of hydrogen-bond donors (Lipinski definition) is 2. The van der Waals surface area contributed by atoms with Gasteiger partial charge in [-0.1, -0.05) is 18.2 Å². The summed E-state index contributed by atoms with van der Waals surface area (Å²) in [5.74, 6) is 0.337. The highest BCUT2D eigenvalue weighted by atomic mass is 19.1. The molecule has 0 radical (unpaired) electrons. The second kappa shape index (κ2) is 6.39. The van der Waals surface area contributed by atoms with Gasteiger partial charge in [0.05, 0.1) is 7.11 Å². The average molecular weight is 275 g/mol. The van der Waals surface area contributed by atoms with E-state index in [1.54, 1.807) is 13.2 Å². The maximum absolute atomic E-state index is 13.0. The Morgan fingerprint density at radius 2 is 2.05 bits per heavy atom. The third-order valence-electron chi connectivity index (χ3n) is 3.21. The Labute approximate surface area is 118 Å². The van der Waals surface area contributed by atoms with Crippen molar-refractivity contribution in [3.05, 3.63) is 59.4 Å². The van der Waals surface area contributed by atoms with Gasteiger partial charge in [0.25, 0.3) is 0 Å². The fraction of sp³-hybridized carbons (Fsp3) is 0.250.